The highest BCUT2D eigenvalue weighted by atomic mass is 16.8. The molecule has 0 bridgehead atoms. The molecule has 1 heterocycles. The Morgan fingerprint density at radius 2 is 2.00 bits per heavy atom. The summed E-state index contributed by atoms with van der Waals surface area (Å²) in [6.07, 6.45) is 12.3. The summed E-state index contributed by atoms with van der Waals surface area (Å²) in [6.45, 7) is 2.20. The normalized spacial score (nSPS) is 29.4. The summed E-state index contributed by atoms with van der Waals surface area (Å²) in [5, 5.41) is 3.48. The van der Waals surface area contributed by atoms with Crippen molar-refractivity contribution in [3.63, 3.8) is 0 Å². The number of hydrogen-bond acceptors (Lipinski definition) is 3. The van der Waals surface area contributed by atoms with Crippen molar-refractivity contribution in [2.75, 3.05) is 0 Å². The Bertz CT molecular complexity index is 242. The third kappa shape index (κ3) is 3.42. The minimum absolute atomic E-state index is 0.209. The van der Waals surface area contributed by atoms with Gasteiger partial charge in [0.2, 0.25) is 6.41 Å². The number of unbranched alkanes of at least 4 members (excludes halogenated alkanes) is 2. The van der Waals surface area contributed by atoms with E-state index in [1.807, 2.05) is 0 Å². The molecule has 0 aromatic rings. The Hall–Kier alpha value is -0.610. The lowest BCUT2D eigenvalue weighted by Gasteiger charge is -2.21. The Kier molecular flexibility index (Phi) is 4.80. The molecule has 2 aliphatic rings. The van der Waals surface area contributed by atoms with Crippen molar-refractivity contribution in [1.82, 2.24) is 10.2 Å². The molecule has 4 heteroatoms. The first-order valence-corrected chi connectivity index (χ1v) is 7.06. The molecule has 1 amide bonds. The van der Waals surface area contributed by atoms with Crippen LogP contribution >= 0.6 is 0 Å². The van der Waals surface area contributed by atoms with Gasteiger partial charge >= 0.3 is 0 Å². The SMILES string of the molecule is CCCCC[C@H]1N(C=O)N1OC1CCCCC1. The minimum atomic E-state index is 0.209. The fourth-order valence-corrected chi connectivity index (χ4v) is 2.59. The lowest BCUT2D eigenvalue weighted by Crippen LogP contribution is -2.22. The van der Waals surface area contributed by atoms with E-state index in [1.54, 1.807) is 10.2 Å². The largest absolute Gasteiger partial charge is 0.277 e. The van der Waals surface area contributed by atoms with E-state index < -0.39 is 0 Å². The van der Waals surface area contributed by atoms with Gasteiger partial charge in [-0.2, -0.15) is 0 Å². The fourth-order valence-electron chi connectivity index (χ4n) is 2.59. The molecule has 1 saturated heterocycles. The smallest absolute Gasteiger partial charge is 0.227 e. The number of rotatable bonds is 7. The average molecular weight is 240 g/mol. The van der Waals surface area contributed by atoms with Crippen molar-refractivity contribution >= 4 is 6.41 Å². The van der Waals surface area contributed by atoms with Gasteiger partial charge in [-0.15, -0.1) is 0 Å². The third-order valence-electron chi connectivity index (χ3n) is 3.72. The second-order valence-corrected chi connectivity index (χ2v) is 5.13. The van der Waals surface area contributed by atoms with Crippen LogP contribution in [0.4, 0.5) is 0 Å². The molecule has 2 atom stereocenters. The zero-order valence-corrected chi connectivity index (χ0v) is 10.8. The van der Waals surface area contributed by atoms with Crippen molar-refractivity contribution in [3.8, 4) is 0 Å². The standard InChI is InChI=1S/C13H24N2O2/c1-2-3-5-10-13-14(11-16)15(13)17-12-8-6-4-7-9-12/h11-13H,2-10H2,1H3/t13-,14?,15?/m0/s1. The Morgan fingerprint density at radius 1 is 1.24 bits per heavy atom. The summed E-state index contributed by atoms with van der Waals surface area (Å²) in [5.41, 5.74) is 0. The number of hydrogen-bond donors (Lipinski definition) is 0. The van der Waals surface area contributed by atoms with E-state index in [-0.39, 0.29) is 6.17 Å². The van der Waals surface area contributed by atoms with Crippen LogP contribution in [-0.2, 0) is 9.63 Å². The van der Waals surface area contributed by atoms with Crippen LogP contribution in [0.5, 0.6) is 0 Å². The maximum Gasteiger partial charge on any atom is 0.227 e. The zero-order chi connectivity index (χ0) is 12.1. The Morgan fingerprint density at radius 3 is 2.65 bits per heavy atom. The summed E-state index contributed by atoms with van der Waals surface area (Å²) in [7, 11) is 0. The number of carbonyl (C=O) groups is 1. The van der Waals surface area contributed by atoms with E-state index >= 15 is 0 Å². The molecule has 0 spiro atoms. The van der Waals surface area contributed by atoms with Gasteiger partial charge in [-0.3, -0.25) is 9.63 Å². The first-order valence-electron chi connectivity index (χ1n) is 7.06. The second kappa shape index (κ2) is 6.36. The number of carbonyl (C=O) groups excluding carboxylic acids is 1. The van der Waals surface area contributed by atoms with E-state index in [4.69, 9.17) is 4.84 Å². The highest BCUT2D eigenvalue weighted by Crippen LogP contribution is 2.33. The van der Waals surface area contributed by atoms with Crippen LogP contribution in [0.3, 0.4) is 0 Å². The summed E-state index contributed by atoms with van der Waals surface area (Å²) in [5.74, 6) is 0. The van der Waals surface area contributed by atoms with Gasteiger partial charge in [-0.1, -0.05) is 44.2 Å². The van der Waals surface area contributed by atoms with Gasteiger partial charge in [0.25, 0.3) is 0 Å². The molecule has 1 unspecified atom stereocenters. The van der Waals surface area contributed by atoms with Crippen molar-refractivity contribution < 1.29 is 9.63 Å². The molecule has 0 aromatic heterocycles. The monoisotopic (exact) mass is 240 g/mol. The first kappa shape index (κ1) is 12.8. The predicted molar refractivity (Wildman–Crippen MR) is 65.6 cm³/mol. The molecule has 1 saturated carbocycles. The van der Waals surface area contributed by atoms with Crippen molar-refractivity contribution in [1.29, 1.82) is 0 Å². The quantitative estimate of drug-likeness (QED) is 0.389. The van der Waals surface area contributed by atoms with Crippen LogP contribution in [0.15, 0.2) is 0 Å². The number of nitrogens with zero attached hydrogens (tertiary/aromatic N) is 2. The van der Waals surface area contributed by atoms with Crippen LogP contribution < -0.4 is 0 Å². The molecule has 0 N–H and O–H groups in total. The van der Waals surface area contributed by atoms with Crippen LogP contribution in [0, 0.1) is 0 Å². The molecule has 2 fully saturated rings. The third-order valence-corrected chi connectivity index (χ3v) is 3.72. The van der Waals surface area contributed by atoms with Crippen molar-refractivity contribution in [2.45, 2.75) is 77.0 Å². The van der Waals surface area contributed by atoms with Crippen LogP contribution in [0.1, 0.15) is 64.7 Å². The molecule has 17 heavy (non-hydrogen) atoms. The first-order chi connectivity index (χ1) is 8.36. The van der Waals surface area contributed by atoms with Crippen LogP contribution in [-0.4, -0.2) is 28.9 Å². The second-order valence-electron chi connectivity index (χ2n) is 5.13. The van der Waals surface area contributed by atoms with Crippen LogP contribution in [0.2, 0.25) is 0 Å². The van der Waals surface area contributed by atoms with Gasteiger partial charge < -0.3 is 0 Å². The molecular formula is C13H24N2O2. The number of hydrazine groups is 1. The van der Waals surface area contributed by atoms with E-state index in [0.717, 1.165) is 25.7 Å². The minimum Gasteiger partial charge on any atom is -0.277 e. The van der Waals surface area contributed by atoms with Crippen molar-refractivity contribution in [3.05, 3.63) is 0 Å². The Labute approximate surface area is 104 Å². The molecule has 1 aliphatic heterocycles. The summed E-state index contributed by atoms with van der Waals surface area (Å²) >= 11 is 0. The highest BCUT2D eigenvalue weighted by molar-refractivity contribution is 5.49. The van der Waals surface area contributed by atoms with E-state index in [1.165, 1.54) is 38.5 Å². The van der Waals surface area contributed by atoms with Gasteiger partial charge in [-0.05, 0) is 25.7 Å². The van der Waals surface area contributed by atoms with Crippen LogP contribution in [0.25, 0.3) is 0 Å². The Balaban J connectivity index is 1.70. The summed E-state index contributed by atoms with van der Waals surface area (Å²) in [6, 6.07) is 0. The number of hydroxylamine groups is 1. The van der Waals surface area contributed by atoms with Gasteiger partial charge in [0.05, 0.1) is 6.10 Å². The molecule has 0 aromatic carbocycles. The maximum absolute atomic E-state index is 10.9. The van der Waals surface area contributed by atoms with Gasteiger partial charge in [-0.25, -0.2) is 5.01 Å². The van der Waals surface area contributed by atoms with Crippen molar-refractivity contribution in [2.24, 2.45) is 0 Å². The lowest BCUT2D eigenvalue weighted by molar-refractivity contribution is -0.178. The van der Waals surface area contributed by atoms with Gasteiger partial charge in [0.1, 0.15) is 6.17 Å². The highest BCUT2D eigenvalue weighted by Gasteiger charge is 2.46. The molecule has 1 aliphatic carbocycles. The van der Waals surface area contributed by atoms with Gasteiger partial charge in [0.15, 0.2) is 0 Å². The molecule has 98 valence electrons. The van der Waals surface area contributed by atoms with E-state index in [9.17, 15) is 4.79 Å². The predicted octanol–water partition coefficient (Wildman–Crippen LogP) is 2.85. The fraction of sp³-hybridized carbons (Fsp3) is 0.923. The summed E-state index contributed by atoms with van der Waals surface area (Å²) < 4.78 is 0. The lowest BCUT2D eigenvalue weighted by atomic mass is 9.98. The zero-order valence-electron chi connectivity index (χ0n) is 10.8. The molecule has 2 rings (SSSR count). The summed E-state index contributed by atoms with van der Waals surface area (Å²) in [4.78, 5) is 16.7. The van der Waals surface area contributed by atoms with Gasteiger partial charge in [0, 0.05) is 0 Å². The molecular weight excluding hydrogens is 216 g/mol. The van der Waals surface area contributed by atoms with E-state index in [2.05, 4.69) is 6.92 Å². The molecule has 4 nitrogen and oxygen atoms in total. The molecule has 0 radical (unpaired) electrons. The topological polar surface area (TPSA) is 32.3 Å². The maximum atomic E-state index is 10.9. The average Bonchev–Trinajstić information content (AvgIpc) is 3.03. The van der Waals surface area contributed by atoms with E-state index in [0.29, 0.717) is 6.10 Å². The number of amides is 1.